The van der Waals surface area contributed by atoms with Crippen LogP contribution in [0.15, 0.2) is 97.2 Å². The first-order valence-electron chi connectivity index (χ1n) is 31.0. The number of amides is 1. The number of unbranched alkanes of at least 4 members (excludes halogenated alkanes) is 19. The fraction of sp³-hybridized carbons (Fsp3) is 0.738. The highest BCUT2D eigenvalue weighted by Gasteiger charge is 2.51. The van der Waals surface area contributed by atoms with Crippen molar-refractivity contribution in [2.45, 2.75) is 286 Å². The van der Waals surface area contributed by atoms with Crippen LogP contribution in [0, 0.1) is 0 Å². The molecule has 12 atom stereocenters. The molecule has 2 rings (SSSR count). The quantitative estimate of drug-likeness (QED) is 0.0204. The number of carbonyl (C=O) groups is 1. The summed E-state index contributed by atoms with van der Waals surface area (Å²) in [5, 5.41) is 86.4. The van der Waals surface area contributed by atoms with E-state index in [2.05, 4.69) is 116 Å². The average molecular weight is 1110 g/mol. The highest BCUT2D eigenvalue weighted by Crippen LogP contribution is 2.30. The number of aliphatic hydroxyl groups is 8. The Morgan fingerprint density at radius 2 is 0.873 bits per heavy atom. The van der Waals surface area contributed by atoms with E-state index >= 15 is 0 Å². The molecule has 2 heterocycles. The highest BCUT2D eigenvalue weighted by atomic mass is 16.7. The standard InChI is InChI=1S/C65H111NO13/c1-3-5-7-9-10-11-12-13-14-15-16-17-18-19-20-21-22-23-24-25-26-27-28-29-30-31-32-33-34-35-36-37-38-39-40-41-42-43-44-45-47-49-57(70)66-53(54(69)48-46-8-6-4-2)52-76-64-62(75)60(73)63(56(51-68)78-64)79-65-61(74)59(72)58(71)55(50-67)77-65/h5,7,10-11,13-14,16-17,19-20,22-23,25-26,28-29,53-56,58-65,67-69,71-75H,3-4,6,8-9,12,15,18,21,24,27,30-52H2,1-2H3,(H,66,70)/b7-5-,11-10-,14-13-,17-16-,20-19-,23-22-,26-25-,29-28-. The zero-order valence-corrected chi connectivity index (χ0v) is 48.8. The third-order valence-corrected chi connectivity index (χ3v) is 14.6. The van der Waals surface area contributed by atoms with Gasteiger partial charge in [0.05, 0.1) is 32.0 Å². The molecule has 79 heavy (non-hydrogen) atoms. The number of hydrogen-bond acceptors (Lipinski definition) is 13. The molecule has 0 aromatic rings. The van der Waals surface area contributed by atoms with Gasteiger partial charge in [-0.15, -0.1) is 0 Å². The van der Waals surface area contributed by atoms with Crippen molar-refractivity contribution in [2.75, 3.05) is 19.8 Å². The van der Waals surface area contributed by atoms with Gasteiger partial charge in [0.2, 0.25) is 5.91 Å². The summed E-state index contributed by atoms with van der Waals surface area (Å²) in [6.07, 6.45) is 52.5. The first-order chi connectivity index (χ1) is 38.6. The number of carbonyl (C=O) groups excluding carboxylic acids is 1. The monoisotopic (exact) mass is 1110 g/mol. The van der Waals surface area contributed by atoms with Crippen molar-refractivity contribution in [1.82, 2.24) is 5.32 Å². The molecule has 1 amide bonds. The van der Waals surface area contributed by atoms with Crippen LogP contribution in [0.2, 0.25) is 0 Å². The van der Waals surface area contributed by atoms with Crippen molar-refractivity contribution < 1.29 is 64.6 Å². The summed E-state index contributed by atoms with van der Waals surface area (Å²) in [6.45, 7) is 2.59. The van der Waals surface area contributed by atoms with Gasteiger partial charge in [0.25, 0.3) is 0 Å². The third kappa shape index (κ3) is 34.8. The minimum Gasteiger partial charge on any atom is -0.394 e. The first kappa shape index (κ1) is 72.0. The van der Waals surface area contributed by atoms with Gasteiger partial charge in [-0.3, -0.25) is 4.79 Å². The molecular formula is C65H111NO13. The van der Waals surface area contributed by atoms with Crippen LogP contribution in [0.1, 0.15) is 213 Å². The molecule has 2 saturated heterocycles. The topological polar surface area (TPSA) is 228 Å². The van der Waals surface area contributed by atoms with Gasteiger partial charge in [0.15, 0.2) is 12.6 Å². The van der Waals surface area contributed by atoms with Crippen molar-refractivity contribution >= 4 is 5.91 Å². The largest absolute Gasteiger partial charge is 0.394 e. The summed E-state index contributed by atoms with van der Waals surface area (Å²) in [4.78, 5) is 13.1. The number of hydrogen-bond donors (Lipinski definition) is 9. The van der Waals surface area contributed by atoms with E-state index < -0.39 is 86.8 Å². The second-order valence-electron chi connectivity index (χ2n) is 21.5. The lowest BCUT2D eigenvalue weighted by Crippen LogP contribution is -2.65. The van der Waals surface area contributed by atoms with E-state index in [9.17, 15) is 45.6 Å². The normalized spacial score (nSPS) is 25.1. The molecule has 0 aromatic carbocycles. The van der Waals surface area contributed by atoms with Crippen LogP contribution in [-0.2, 0) is 23.7 Å². The molecule has 2 aliphatic heterocycles. The van der Waals surface area contributed by atoms with Crippen LogP contribution in [0.5, 0.6) is 0 Å². The van der Waals surface area contributed by atoms with E-state index in [0.717, 1.165) is 103 Å². The molecule has 14 heteroatoms. The molecule has 0 bridgehead atoms. The lowest BCUT2D eigenvalue weighted by molar-refractivity contribution is -0.359. The van der Waals surface area contributed by atoms with E-state index in [1.807, 2.05) is 0 Å². The Labute approximate surface area is 477 Å². The molecule has 14 nitrogen and oxygen atoms in total. The summed E-state index contributed by atoms with van der Waals surface area (Å²) >= 11 is 0. The molecule has 0 radical (unpaired) electrons. The zero-order valence-electron chi connectivity index (χ0n) is 48.8. The van der Waals surface area contributed by atoms with E-state index in [4.69, 9.17) is 18.9 Å². The van der Waals surface area contributed by atoms with Gasteiger partial charge in [-0.25, -0.2) is 0 Å². The predicted molar refractivity (Wildman–Crippen MR) is 318 cm³/mol. The average Bonchev–Trinajstić information content (AvgIpc) is 3.45. The third-order valence-electron chi connectivity index (χ3n) is 14.6. The van der Waals surface area contributed by atoms with Crippen LogP contribution in [-0.4, -0.2) is 140 Å². The summed E-state index contributed by atoms with van der Waals surface area (Å²) in [5.74, 6) is -0.219. The maximum Gasteiger partial charge on any atom is 0.220 e. The van der Waals surface area contributed by atoms with Crippen molar-refractivity contribution in [2.24, 2.45) is 0 Å². The molecule has 2 fully saturated rings. The molecule has 0 aromatic heterocycles. The zero-order chi connectivity index (χ0) is 57.4. The summed E-state index contributed by atoms with van der Waals surface area (Å²) in [5.41, 5.74) is 0. The van der Waals surface area contributed by atoms with Crippen LogP contribution in [0.4, 0.5) is 0 Å². The minimum absolute atomic E-state index is 0.219. The van der Waals surface area contributed by atoms with Crippen molar-refractivity contribution in [3.8, 4) is 0 Å². The number of aliphatic hydroxyl groups excluding tert-OH is 8. The number of ether oxygens (including phenoxy) is 4. The smallest absolute Gasteiger partial charge is 0.220 e. The van der Waals surface area contributed by atoms with Crippen molar-refractivity contribution in [3.63, 3.8) is 0 Å². The van der Waals surface area contributed by atoms with Crippen LogP contribution >= 0.6 is 0 Å². The van der Waals surface area contributed by atoms with Gasteiger partial charge in [-0.05, 0) is 77.0 Å². The van der Waals surface area contributed by atoms with Crippen LogP contribution in [0.25, 0.3) is 0 Å². The van der Waals surface area contributed by atoms with Gasteiger partial charge in [0.1, 0.15) is 48.8 Å². The summed E-state index contributed by atoms with van der Waals surface area (Å²) < 4.78 is 22.6. The molecule has 0 spiro atoms. The fourth-order valence-corrected chi connectivity index (χ4v) is 9.61. The molecular weight excluding hydrogens is 1000 g/mol. The van der Waals surface area contributed by atoms with E-state index in [-0.39, 0.29) is 12.5 Å². The van der Waals surface area contributed by atoms with E-state index in [0.29, 0.717) is 12.8 Å². The minimum atomic E-state index is -1.78. The number of nitrogens with one attached hydrogen (secondary N) is 1. The first-order valence-corrected chi connectivity index (χ1v) is 31.0. The highest BCUT2D eigenvalue weighted by molar-refractivity contribution is 5.76. The maximum atomic E-state index is 13.1. The molecule has 9 N–H and O–H groups in total. The molecule has 12 unspecified atom stereocenters. The van der Waals surface area contributed by atoms with Gasteiger partial charge < -0.3 is 65.1 Å². The van der Waals surface area contributed by atoms with Crippen LogP contribution < -0.4 is 5.32 Å². The molecule has 0 saturated carbocycles. The van der Waals surface area contributed by atoms with Gasteiger partial charge in [-0.2, -0.15) is 0 Å². The SMILES string of the molecule is CC/C=C\C/C=C\C/C=C\C/C=C\C/C=C\C/C=C\C/C=C\C/C=C\CCCCCCCCCCCCCCCCCCC(=O)NC(COC1OC(CO)C(OC2OC(CO)C(O)C(O)C2O)C(O)C1O)C(O)CCCCCC. The molecule has 454 valence electrons. The second kappa shape index (κ2) is 49.5. The Hall–Kier alpha value is -3.09. The Kier molecular flexibility index (Phi) is 45.1. The Balaban J connectivity index is 1.47. The van der Waals surface area contributed by atoms with E-state index in [1.54, 1.807) is 0 Å². The lowest BCUT2D eigenvalue weighted by Gasteiger charge is -2.46. The lowest BCUT2D eigenvalue weighted by atomic mass is 9.97. The molecule has 0 aliphatic carbocycles. The summed E-state index contributed by atoms with van der Waals surface area (Å²) in [6, 6.07) is -0.828. The Morgan fingerprint density at radius 1 is 0.468 bits per heavy atom. The van der Waals surface area contributed by atoms with Gasteiger partial charge in [-0.1, -0.05) is 227 Å². The van der Waals surface area contributed by atoms with Crippen LogP contribution in [0.3, 0.4) is 0 Å². The second-order valence-corrected chi connectivity index (χ2v) is 21.5. The fourth-order valence-electron chi connectivity index (χ4n) is 9.61. The van der Waals surface area contributed by atoms with Crippen molar-refractivity contribution in [3.05, 3.63) is 97.2 Å². The molecule has 2 aliphatic rings. The maximum absolute atomic E-state index is 13.1. The number of allylic oxidation sites excluding steroid dienone is 16. The van der Waals surface area contributed by atoms with E-state index in [1.165, 1.54) is 83.5 Å². The predicted octanol–water partition coefficient (Wildman–Crippen LogP) is 11.1. The van der Waals surface area contributed by atoms with Gasteiger partial charge >= 0.3 is 0 Å². The van der Waals surface area contributed by atoms with Crippen molar-refractivity contribution in [1.29, 1.82) is 0 Å². The van der Waals surface area contributed by atoms with Gasteiger partial charge in [0, 0.05) is 6.42 Å². The number of rotatable bonds is 48. The Morgan fingerprint density at radius 3 is 1.33 bits per heavy atom. The summed E-state index contributed by atoms with van der Waals surface area (Å²) in [7, 11) is 0. The Bertz CT molecular complexity index is 1690.